The molecule has 1 aliphatic heterocycles. The molecule has 2 aromatic heterocycles. The van der Waals surface area contributed by atoms with Crippen molar-refractivity contribution in [1.29, 1.82) is 0 Å². The number of benzene rings is 1. The van der Waals surface area contributed by atoms with Gasteiger partial charge in [-0.3, -0.25) is 4.40 Å². The number of hydrogen-bond acceptors (Lipinski definition) is 5. The van der Waals surface area contributed by atoms with Crippen LogP contribution < -0.4 is 10.6 Å². The minimum absolute atomic E-state index is 0.273. The highest BCUT2D eigenvalue weighted by molar-refractivity contribution is 5.82. The quantitative estimate of drug-likeness (QED) is 0.653. The fourth-order valence-corrected chi connectivity index (χ4v) is 3.31. The second kappa shape index (κ2) is 6.73. The van der Waals surface area contributed by atoms with E-state index in [1.54, 1.807) is 22.7 Å². The number of alkyl halides is 3. The maximum atomic E-state index is 12.8. The number of rotatable bonds is 3. The lowest BCUT2D eigenvalue weighted by atomic mass is 10.0. The van der Waals surface area contributed by atoms with Gasteiger partial charge >= 0.3 is 6.18 Å². The number of anilines is 1. The maximum Gasteiger partial charge on any atom is 0.416 e. The summed E-state index contributed by atoms with van der Waals surface area (Å²) in [5, 5.41) is 25.2. The van der Waals surface area contributed by atoms with Crippen LogP contribution in [0.25, 0.3) is 16.8 Å². The van der Waals surface area contributed by atoms with Crippen LogP contribution in [0.15, 0.2) is 36.5 Å². The van der Waals surface area contributed by atoms with Gasteiger partial charge in [0.25, 0.3) is 0 Å². The number of phenols is 1. The number of pyridine rings is 1. The number of fused-ring (bicyclic) bond motifs is 1. The Kier molecular flexibility index (Phi) is 4.39. The van der Waals surface area contributed by atoms with E-state index in [-0.39, 0.29) is 11.6 Å². The van der Waals surface area contributed by atoms with E-state index in [0.717, 1.165) is 38.1 Å². The van der Waals surface area contributed by atoms with E-state index in [4.69, 9.17) is 0 Å². The number of hydrogen-bond donors (Lipinski definition) is 3. The molecule has 0 saturated carbocycles. The molecule has 0 unspecified atom stereocenters. The first-order valence-electron chi connectivity index (χ1n) is 8.65. The molecule has 1 fully saturated rings. The second-order valence-electron chi connectivity index (χ2n) is 6.54. The van der Waals surface area contributed by atoms with Crippen molar-refractivity contribution in [3.8, 4) is 16.9 Å². The molecule has 0 radical (unpaired) electrons. The lowest BCUT2D eigenvalue weighted by Crippen LogP contribution is -2.35. The molecule has 0 spiro atoms. The van der Waals surface area contributed by atoms with E-state index in [2.05, 4.69) is 20.8 Å². The molecule has 0 bridgehead atoms. The van der Waals surface area contributed by atoms with Gasteiger partial charge in [0.05, 0.1) is 5.56 Å². The molecule has 3 N–H and O–H groups in total. The number of piperidine rings is 1. The molecule has 1 aromatic carbocycles. The highest BCUT2D eigenvalue weighted by Gasteiger charge is 2.31. The van der Waals surface area contributed by atoms with Crippen LogP contribution in [0.3, 0.4) is 0 Å². The number of aromatic hydroxyl groups is 1. The van der Waals surface area contributed by atoms with Gasteiger partial charge in [0.15, 0.2) is 5.65 Å². The molecule has 0 atom stereocenters. The van der Waals surface area contributed by atoms with Crippen molar-refractivity contribution in [3.05, 3.63) is 42.1 Å². The Morgan fingerprint density at radius 1 is 1.11 bits per heavy atom. The number of nitrogens with one attached hydrogen (secondary N) is 2. The first-order valence-corrected chi connectivity index (χ1v) is 8.65. The fraction of sp³-hybridized carbons (Fsp3) is 0.333. The smallest absolute Gasteiger partial charge is 0.416 e. The van der Waals surface area contributed by atoms with Gasteiger partial charge < -0.3 is 15.7 Å². The summed E-state index contributed by atoms with van der Waals surface area (Å²) in [7, 11) is 0. The average molecular weight is 377 g/mol. The molecule has 4 rings (SSSR count). The molecule has 0 aliphatic carbocycles. The van der Waals surface area contributed by atoms with Crippen LogP contribution in [0, 0.1) is 0 Å². The van der Waals surface area contributed by atoms with Crippen LogP contribution in [0.1, 0.15) is 18.4 Å². The van der Waals surface area contributed by atoms with Crippen molar-refractivity contribution in [2.75, 3.05) is 18.4 Å². The van der Waals surface area contributed by atoms with Crippen LogP contribution in [0.4, 0.5) is 19.1 Å². The minimum Gasteiger partial charge on any atom is -0.507 e. The molecule has 1 aliphatic rings. The van der Waals surface area contributed by atoms with E-state index in [1.807, 2.05) is 0 Å². The number of nitrogens with zero attached hydrogens (tertiary/aromatic N) is 3. The topological polar surface area (TPSA) is 74.5 Å². The minimum atomic E-state index is -4.51. The highest BCUT2D eigenvalue weighted by Crippen LogP contribution is 2.37. The van der Waals surface area contributed by atoms with Gasteiger partial charge in [-0.25, -0.2) is 0 Å². The molecular formula is C18H18F3N5O. The summed E-state index contributed by atoms with van der Waals surface area (Å²) >= 11 is 0. The van der Waals surface area contributed by atoms with Gasteiger partial charge in [-0.15, -0.1) is 10.2 Å². The molecule has 3 heterocycles. The number of halogens is 3. The molecule has 1 saturated heterocycles. The van der Waals surface area contributed by atoms with E-state index in [9.17, 15) is 18.3 Å². The van der Waals surface area contributed by atoms with Gasteiger partial charge in [-0.2, -0.15) is 13.2 Å². The van der Waals surface area contributed by atoms with Crippen molar-refractivity contribution in [3.63, 3.8) is 0 Å². The molecule has 9 heteroatoms. The summed E-state index contributed by atoms with van der Waals surface area (Å²) in [6.45, 7) is 1.86. The molecular weight excluding hydrogens is 359 g/mol. The first kappa shape index (κ1) is 17.6. The van der Waals surface area contributed by atoms with Gasteiger partial charge in [0.2, 0.25) is 5.95 Å². The summed E-state index contributed by atoms with van der Waals surface area (Å²) in [6.07, 6.45) is -0.797. The summed E-state index contributed by atoms with van der Waals surface area (Å²) in [5.41, 5.74) is 0.346. The van der Waals surface area contributed by atoms with Gasteiger partial charge in [0.1, 0.15) is 5.75 Å². The van der Waals surface area contributed by atoms with Crippen molar-refractivity contribution < 1.29 is 18.3 Å². The lowest BCUT2D eigenvalue weighted by molar-refractivity contribution is -0.137. The summed E-state index contributed by atoms with van der Waals surface area (Å²) in [6, 6.07) is 6.65. The van der Waals surface area contributed by atoms with Gasteiger partial charge in [-0.1, -0.05) is 0 Å². The van der Waals surface area contributed by atoms with E-state index >= 15 is 0 Å². The molecule has 27 heavy (non-hydrogen) atoms. The number of aromatic nitrogens is 3. The van der Waals surface area contributed by atoms with E-state index in [1.165, 1.54) is 6.07 Å². The zero-order valence-electron chi connectivity index (χ0n) is 14.3. The molecule has 142 valence electrons. The van der Waals surface area contributed by atoms with Crippen molar-refractivity contribution >= 4 is 11.6 Å². The zero-order valence-corrected chi connectivity index (χ0v) is 14.3. The maximum absolute atomic E-state index is 12.8. The summed E-state index contributed by atoms with van der Waals surface area (Å²) in [4.78, 5) is 0. The van der Waals surface area contributed by atoms with Crippen LogP contribution in [-0.4, -0.2) is 38.8 Å². The third-order valence-electron chi connectivity index (χ3n) is 4.72. The largest absolute Gasteiger partial charge is 0.507 e. The Balaban J connectivity index is 1.71. The molecule has 6 nitrogen and oxygen atoms in total. The third-order valence-corrected chi connectivity index (χ3v) is 4.72. The van der Waals surface area contributed by atoms with Crippen LogP contribution in [-0.2, 0) is 6.18 Å². The predicted molar refractivity (Wildman–Crippen MR) is 94.6 cm³/mol. The fourth-order valence-electron chi connectivity index (χ4n) is 3.31. The van der Waals surface area contributed by atoms with Crippen molar-refractivity contribution in [2.24, 2.45) is 0 Å². The molecule has 3 aromatic rings. The Bertz CT molecular complexity index is 963. The van der Waals surface area contributed by atoms with Crippen molar-refractivity contribution in [2.45, 2.75) is 25.1 Å². The normalized spacial score (nSPS) is 16.0. The predicted octanol–water partition coefficient (Wildman–Crippen LogP) is 3.28. The summed E-state index contributed by atoms with van der Waals surface area (Å²) in [5.74, 6) is 0.124. The van der Waals surface area contributed by atoms with Crippen LogP contribution in [0.5, 0.6) is 5.75 Å². The van der Waals surface area contributed by atoms with Gasteiger partial charge in [0, 0.05) is 23.4 Å². The highest BCUT2D eigenvalue weighted by atomic mass is 19.4. The Hall–Kier alpha value is -2.81. The Morgan fingerprint density at radius 3 is 2.59 bits per heavy atom. The van der Waals surface area contributed by atoms with E-state index < -0.39 is 17.5 Å². The van der Waals surface area contributed by atoms with Crippen LogP contribution in [0.2, 0.25) is 0 Å². The van der Waals surface area contributed by atoms with Crippen molar-refractivity contribution in [1.82, 2.24) is 19.9 Å². The van der Waals surface area contributed by atoms with E-state index in [0.29, 0.717) is 17.2 Å². The Labute approximate surface area is 153 Å². The second-order valence-corrected chi connectivity index (χ2v) is 6.54. The SMILES string of the molecule is Oc1cc(C(F)(F)F)ccc1-c1cccn2c(NC3CCNCC3)nnc12. The third kappa shape index (κ3) is 3.42. The standard InChI is InChI=1S/C18H18F3N5O/c19-18(20,21)11-3-4-13(15(27)10-11)14-2-1-9-26-16(14)24-25-17(26)23-12-5-7-22-8-6-12/h1-4,9-10,12,22,27H,5-8H2,(H,23,25). The number of phenolic OH excluding ortho intramolecular Hbond substituents is 1. The van der Waals surface area contributed by atoms with Gasteiger partial charge in [-0.05, 0) is 56.3 Å². The first-order chi connectivity index (χ1) is 12.9. The Morgan fingerprint density at radius 2 is 1.89 bits per heavy atom. The van der Waals surface area contributed by atoms with Crippen LogP contribution >= 0.6 is 0 Å². The summed E-state index contributed by atoms with van der Waals surface area (Å²) < 4.78 is 40.2. The average Bonchev–Trinajstić information content (AvgIpc) is 3.05. The lowest BCUT2D eigenvalue weighted by Gasteiger charge is -2.23. The zero-order chi connectivity index (χ0) is 19.0. The monoisotopic (exact) mass is 377 g/mol. The molecule has 0 amide bonds.